The minimum Gasteiger partial charge on any atom is -0.394 e. The summed E-state index contributed by atoms with van der Waals surface area (Å²) in [7, 11) is 0. The number of thiazole rings is 1. The van der Waals surface area contributed by atoms with Gasteiger partial charge in [-0.2, -0.15) is 0 Å². The molecule has 3 rings (SSSR count). The quantitative estimate of drug-likeness (QED) is 0.861. The third-order valence-corrected chi connectivity index (χ3v) is 4.67. The first-order valence-electron chi connectivity index (χ1n) is 7.32. The van der Waals surface area contributed by atoms with Crippen LogP contribution in [0.2, 0.25) is 0 Å². The molecule has 2 aromatic rings. The van der Waals surface area contributed by atoms with Gasteiger partial charge in [-0.15, -0.1) is 11.3 Å². The first kappa shape index (κ1) is 14.7. The van der Waals surface area contributed by atoms with E-state index in [1.54, 1.807) is 11.3 Å². The summed E-state index contributed by atoms with van der Waals surface area (Å²) in [4.78, 5) is 4.64. The molecule has 1 aliphatic rings. The number of rotatable bonds is 6. The molecule has 1 aromatic carbocycles. The van der Waals surface area contributed by atoms with E-state index < -0.39 is 0 Å². The SMILES string of the molecule is OC[C@@H](NCc1csc([C@@H]2CCCO2)n1)c1ccccc1. The van der Waals surface area contributed by atoms with E-state index >= 15 is 0 Å². The van der Waals surface area contributed by atoms with Crippen LogP contribution < -0.4 is 5.32 Å². The second kappa shape index (κ2) is 7.13. The van der Waals surface area contributed by atoms with Crippen LogP contribution in [0.25, 0.3) is 0 Å². The molecule has 2 N–H and O–H groups in total. The smallest absolute Gasteiger partial charge is 0.122 e. The molecule has 1 aromatic heterocycles. The average Bonchev–Trinajstić information content (AvgIpc) is 3.20. The number of aliphatic hydroxyl groups excluding tert-OH is 1. The molecule has 0 bridgehead atoms. The Hall–Kier alpha value is -1.27. The summed E-state index contributed by atoms with van der Waals surface area (Å²) < 4.78 is 5.66. The molecular weight excluding hydrogens is 284 g/mol. The Bertz CT molecular complexity index is 552. The maximum absolute atomic E-state index is 9.53. The van der Waals surface area contributed by atoms with Crippen LogP contribution in [0.15, 0.2) is 35.7 Å². The van der Waals surface area contributed by atoms with E-state index in [0.29, 0.717) is 6.54 Å². The molecule has 0 unspecified atom stereocenters. The van der Waals surface area contributed by atoms with Crippen LogP contribution in [0.3, 0.4) is 0 Å². The molecule has 0 aliphatic carbocycles. The number of nitrogens with zero attached hydrogens (tertiary/aromatic N) is 1. The number of hydrogen-bond donors (Lipinski definition) is 2. The lowest BCUT2D eigenvalue weighted by molar-refractivity contribution is 0.111. The van der Waals surface area contributed by atoms with E-state index in [9.17, 15) is 5.11 Å². The number of nitrogens with one attached hydrogen (secondary N) is 1. The topological polar surface area (TPSA) is 54.4 Å². The minimum atomic E-state index is -0.0564. The fourth-order valence-electron chi connectivity index (χ4n) is 2.53. The van der Waals surface area contributed by atoms with Crippen molar-refractivity contribution in [3.8, 4) is 0 Å². The van der Waals surface area contributed by atoms with Gasteiger partial charge in [0, 0.05) is 18.5 Å². The first-order valence-corrected chi connectivity index (χ1v) is 8.20. The highest BCUT2D eigenvalue weighted by molar-refractivity contribution is 7.09. The highest BCUT2D eigenvalue weighted by atomic mass is 32.1. The van der Waals surface area contributed by atoms with Crippen LogP contribution in [0.5, 0.6) is 0 Å². The van der Waals surface area contributed by atoms with E-state index in [2.05, 4.69) is 15.7 Å². The number of ether oxygens (including phenoxy) is 1. The fraction of sp³-hybridized carbons (Fsp3) is 0.438. The molecular formula is C16H20N2O2S. The monoisotopic (exact) mass is 304 g/mol. The molecule has 1 saturated heterocycles. The van der Waals surface area contributed by atoms with Crippen molar-refractivity contribution in [3.63, 3.8) is 0 Å². The van der Waals surface area contributed by atoms with Crippen LogP contribution in [0, 0.1) is 0 Å². The maximum Gasteiger partial charge on any atom is 0.122 e. The standard InChI is InChI=1S/C16H20N2O2S/c19-10-14(12-5-2-1-3-6-12)17-9-13-11-21-16(18-13)15-7-4-8-20-15/h1-3,5-6,11,14-15,17,19H,4,7-10H2/t14-,15+/m1/s1. The van der Waals surface area contributed by atoms with Gasteiger partial charge in [0.25, 0.3) is 0 Å². The largest absolute Gasteiger partial charge is 0.394 e. The Morgan fingerprint density at radius 3 is 2.95 bits per heavy atom. The number of aliphatic hydroxyl groups is 1. The normalized spacial score (nSPS) is 19.8. The van der Waals surface area contributed by atoms with Crippen LogP contribution in [-0.2, 0) is 11.3 Å². The Labute approximate surface area is 128 Å². The summed E-state index contributed by atoms with van der Waals surface area (Å²) in [6.45, 7) is 1.58. The predicted molar refractivity (Wildman–Crippen MR) is 83.1 cm³/mol. The Morgan fingerprint density at radius 1 is 1.38 bits per heavy atom. The number of benzene rings is 1. The van der Waals surface area contributed by atoms with Crippen molar-refractivity contribution in [2.45, 2.75) is 31.5 Å². The zero-order chi connectivity index (χ0) is 14.5. The molecule has 2 atom stereocenters. The molecule has 2 heterocycles. The lowest BCUT2D eigenvalue weighted by Gasteiger charge is -2.15. The lowest BCUT2D eigenvalue weighted by Crippen LogP contribution is -2.24. The van der Waals surface area contributed by atoms with E-state index in [4.69, 9.17) is 4.74 Å². The van der Waals surface area contributed by atoms with Gasteiger partial charge in [-0.1, -0.05) is 30.3 Å². The van der Waals surface area contributed by atoms with Crippen molar-refractivity contribution in [3.05, 3.63) is 52.0 Å². The van der Waals surface area contributed by atoms with Gasteiger partial charge < -0.3 is 15.2 Å². The van der Waals surface area contributed by atoms with Gasteiger partial charge in [-0.25, -0.2) is 4.98 Å². The lowest BCUT2D eigenvalue weighted by atomic mass is 10.1. The van der Waals surface area contributed by atoms with Gasteiger partial charge in [0.05, 0.1) is 18.3 Å². The van der Waals surface area contributed by atoms with Crippen molar-refractivity contribution in [2.24, 2.45) is 0 Å². The molecule has 5 heteroatoms. The summed E-state index contributed by atoms with van der Waals surface area (Å²) in [6, 6.07) is 9.93. The van der Waals surface area contributed by atoms with Gasteiger partial charge >= 0.3 is 0 Å². The van der Waals surface area contributed by atoms with Gasteiger partial charge in [0.2, 0.25) is 0 Å². The Balaban J connectivity index is 1.59. The van der Waals surface area contributed by atoms with Crippen LogP contribution in [0.4, 0.5) is 0 Å². The zero-order valence-electron chi connectivity index (χ0n) is 11.9. The van der Waals surface area contributed by atoms with Crippen molar-refractivity contribution in [2.75, 3.05) is 13.2 Å². The summed E-state index contributed by atoms with van der Waals surface area (Å²) in [5, 5.41) is 16.0. The maximum atomic E-state index is 9.53. The summed E-state index contributed by atoms with van der Waals surface area (Å²) in [6.07, 6.45) is 2.38. The highest BCUT2D eigenvalue weighted by Crippen LogP contribution is 2.30. The molecule has 112 valence electrons. The molecule has 21 heavy (non-hydrogen) atoms. The number of aromatic nitrogens is 1. The minimum absolute atomic E-state index is 0.0564. The molecule has 0 amide bonds. The van der Waals surface area contributed by atoms with Crippen molar-refractivity contribution in [1.82, 2.24) is 10.3 Å². The average molecular weight is 304 g/mol. The Morgan fingerprint density at radius 2 is 2.24 bits per heavy atom. The van der Waals surface area contributed by atoms with E-state index in [1.807, 2.05) is 30.3 Å². The summed E-state index contributed by atoms with van der Waals surface area (Å²) >= 11 is 1.66. The molecule has 0 saturated carbocycles. The second-order valence-corrected chi connectivity index (χ2v) is 6.10. The van der Waals surface area contributed by atoms with E-state index in [-0.39, 0.29) is 18.8 Å². The fourth-order valence-corrected chi connectivity index (χ4v) is 3.43. The van der Waals surface area contributed by atoms with E-state index in [0.717, 1.165) is 35.7 Å². The van der Waals surface area contributed by atoms with Gasteiger partial charge in [-0.3, -0.25) is 0 Å². The summed E-state index contributed by atoms with van der Waals surface area (Å²) in [5.41, 5.74) is 2.11. The molecule has 1 fully saturated rings. The predicted octanol–water partition coefficient (Wildman–Crippen LogP) is 2.82. The van der Waals surface area contributed by atoms with Crippen molar-refractivity contribution < 1.29 is 9.84 Å². The molecule has 0 radical (unpaired) electrons. The third kappa shape index (κ3) is 3.68. The van der Waals surface area contributed by atoms with Gasteiger partial charge in [0.15, 0.2) is 0 Å². The Kier molecular flexibility index (Phi) is 4.98. The molecule has 0 spiro atoms. The van der Waals surface area contributed by atoms with Crippen LogP contribution in [0.1, 0.15) is 41.3 Å². The molecule has 1 aliphatic heterocycles. The first-order chi connectivity index (χ1) is 10.4. The third-order valence-electron chi connectivity index (χ3n) is 3.69. The van der Waals surface area contributed by atoms with Gasteiger partial charge in [-0.05, 0) is 18.4 Å². The highest BCUT2D eigenvalue weighted by Gasteiger charge is 2.21. The second-order valence-electron chi connectivity index (χ2n) is 5.21. The van der Waals surface area contributed by atoms with Crippen molar-refractivity contribution >= 4 is 11.3 Å². The molecule has 4 nitrogen and oxygen atoms in total. The zero-order valence-corrected chi connectivity index (χ0v) is 12.7. The van der Waals surface area contributed by atoms with Crippen molar-refractivity contribution in [1.29, 1.82) is 0 Å². The van der Waals surface area contributed by atoms with Gasteiger partial charge in [0.1, 0.15) is 11.1 Å². The van der Waals surface area contributed by atoms with Crippen LogP contribution in [-0.4, -0.2) is 23.3 Å². The summed E-state index contributed by atoms with van der Waals surface area (Å²) in [5.74, 6) is 0. The van der Waals surface area contributed by atoms with E-state index in [1.165, 1.54) is 0 Å². The van der Waals surface area contributed by atoms with Crippen LogP contribution >= 0.6 is 11.3 Å². The number of hydrogen-bond acceptors (Lipinski definition) is 5.